The van der Waals surface area contributed by atoms with Gasteiger partial charge in [-0.25, -0.2) is 9.59 Å². The Bertz CT molecular complexity index is 1210. The Morgan fingerprint density at radius 1 is 0.651 bits per heavy atom. The smallest absolute Gasteiger partial charge is 0.453 e. The second-order valence-corrected chi connectivity index (χ2v) is 14.7. The maximum Gasteiger partial charge on any atom is 0.482 e. The SMILES string of the molecule is CC1(C)CC(OC(=O)C(=[N+]=[N-])C(=O)OC2CC(C)(C)N(Cc3ccccc3)C(C)(C)C2)CC(C)(C)N1Cc1ccccc1. The topological polar surface area (TPSA) is 95.5 Å². The molecule has 2 aromatic carbocycles. The number of piperidine rings is 2. The first-order chi connectivity index (χ1) is 20.0. The molecule has 0 bridgehead atoms. The first kappa shape index (κ1) is 32.6. The van der Waals surface area contributed by atoms with Crippen LogP contribution in [0.4, 0.5) is 0 Å². The minimum absolute atomic E-state index is 0.287. The van der Waals surface area contributed by atoms with E-state index in [0.717, 1.165) is 13.1 Å². The number of esters is 2. The molecule has 0 unspecified atom stereocenters. The van der Waals surface area contributed by atoms with Gasteiger partial charge in [-0.3, -0.25) is 9.80 Å². The van der Waals surface area contributed by atoms with E-state index in [1.807, 2.05) is 36.4 Å². The van der Waals surface area contributed by atoms with Gasteiger partial charge in [0.2, 0.25) is 0 Å². The van der Waals surface area contributed by atoms with Crippen LogP contribution < -0.4 is 0 Å². The zero-order valence-corrected chi connectivity index (χ0v) is 27.1. The quantitative estimate of drug-likeness (QED) is 0.120. The fourth-order valence-corrected chi connectivity index (χ4v) is 7.59. The van der Waals surface area contributed by atoms with Crippen molar-refractivity contribution >= 4 is 17.7 Å². The summed E-state index contributed by atoms with van der Waals surface area (Å²) in [7, 11) is 0. The number of rotatable bonds is 8. The second kappa shape index (κ2) is 12.4. The first-order valence-corrected chi connectivity index (χ1v) is 15.3. The van der Waals surface area contributed by atoms with E-state index in [1.165, 1.54) is 11.1 Å². The van der Waals surface area contributed by atoms with Crippen molar-refractivity contribution in [3.63, 3.8) is 0 Å². The van der Waals surface area contributed by atoms with Crippen molar-refractivity contribution in [2.24, 2.45) is 0 Å². The zero-order chi connectivity index (χ0) is 31.6. The van der Waals surface area contributed by atoms with E-state index in [-0.39, 0.29) is 22.2 Å². The molecule has 0 aliphatic carbocycles. The van der Waals surface area contributed by atoms with Crippen LogP contribution in [-0.2, 0) is 32.2 Å². The third-order valence-electron chi connectivity index (χ3n) is 9.23. The molecule has 2 aliphatic heterocycles. The summed E-state index contributed by atoms with van der Waals surface area (Å²) >= 11 is 0. The minimum atomic E-state index is -0.958. The number of nitrogens with zero attached hydrogens (tertiary/aromatic N) is 4. The highest BCUT2D eigenvalue weighted by Gasteiger charge is 2.50. The summed E-state index contributed by atoms with van der Waals surface area (Å²) in [5, 5.41) is 0. The number of hydrogen-bond donors (Lipinski definition) is 0. The average molecular weight is 589 g/mol. The van der Waals surface area contributed by atoms with Crippen molar-refractivity contribution in [1.82, 2.24) is 9.80 Å². The molecule has 0 radical (unpaired) electrons. The molecule has 8 nitrogen and oxygen atoms in total. The van der Waals surface area contributed by atoms with Gasteiger partial charge in [-0.1, -0.05) is 60.7 Å². The van der Waals surface area contributed by atoms with Gasteiger partial charge in [0, 0.05) is 60.9 Å². The van der Waals surface area contributed by atoms with E-state index in [1.54, 1.807) is 0 Å². The molecule has 4 rings (SSSR count). The van der Waals surface area contributed by atoms with Crippen molar-refractivity contribution in [2.45, 2.75) is 129 Å². The van der Waals surface area contributed by atoms with Gasteiger partial charge >= 0.3 is 17.7 Å². The summed E-state index contributed by atoms with van der Waals surface area (Å²) < 4.78 is 11.6. The summed E-state index contributed by atoms with van der Waals surface area (Å²) in [5.74, 6) is -1.92. The molecule has 0 spiro atoms. The molecular formula is C35H48N4O4. The van der Waals surface area contributed by atoms with E-state index in [2.05, 4.69) is 94.2 Å². The molecule has 2 saturated heterocycles. The largest absolute Gasteiger partial charge is 0.482 e. The number of hydrogen-bond acceptors (Lipinski definition) is 6. The molecule has 0 amide bonds. The maximum absolute atomic E-state index is 13.2. The zero-order valence-electron chi connectivity index (χ0n) is 27.1. The third kappa shape index (κ3) is 7.61. The fourth-order valence-electron chi connectivity index (χ4n) is 7.59. The first-order valence-electron chi connectivity index (χ1n) is 15.3. The maximum atomic E-state index is 13.2. The summed E-state index contributed by atoms with van der Waals surface area (Å²) in [6.45, 7) is 18.7. The van der Waals surface area contributed by atoms with Gasteiger partial charge in [0.25, 0.3) is 0 Å². The molecule has 232 valence electrons. The summed E-state index contributed by atoms with van der Waals surface area (Å²) in [4.78, 5) is 34.3. The lowest BCUT2D eigenvalue weighted by Gasteiger charge is -2.55. The van der Waals surface area contributed by atoms with Crippen LogP contribution >= 0.6 is 0 Å². The lowest BCUT2D eigenvalue weighted by molar-refractivity contribution is -0.165. The molecule has 0 aromatic heterocycles. The average Bonchev–Trinajstić information content (AvgIpc) is 2.89. The van der Waals surface area contributed by atoms with Crippen LogP contribution in [0.15, 0.2) is 60.7 Å². The fraction of sp³-hybridized carbons (Fsp3) is 0.571. The van der Waals surface area contributed by atoms with E-state index >= 15 is 0 Å². The predicted octanol–water partition coefficient (Wildman–Crippen LogP) is 6.19. The Morgan fingerprint density at radius 2 is 0.953 bits per heavy atom. The molecule has 2 heterocycles. The summed E-state index contributed by atoms with van der Waals surface area (Å²) in [6.07, 6.45) is 1.40. The molecule has 2 aliphatic rings. The van der Waals surface area contributed by atoms with Crippen LogP contribution in [0.1, 0.15) is 92.2 Å². The normalized spacial score (nSPS) is 21.9. The van der Waals surface area contributed by atoms with Crippen LogP contribution in [0, 0.1) is 0 Å². The van der Waals surface area contributed by atoms with Crippen molar-refractivity contribution in [3.8, 4) is 0 Å². The van der Waals surface area contributed by atoms with Crippen LogP contribution in [0.5, 0.6) is 0 Å². The van der Waals surface area contributed by atoms with E-state index in [0.29, 0.717) is 25.7 Å². The minimum Gasteiger partial charge on any atom is -0.453 e. The highest BCUT2D eigenvalue weighted by molar-refractivity contribution is 6.60. The Hall–Kier alpha value is -3.32. The van der Waals surface area contributed by atoms with Gasteiger partial charge in [-0.2, -0.15) is 4.79 Å². The number of likely N-dealkylation sites (tertiary alicyclic amines) is 2. The summed E-state index contributed by atoms with van der Waals surface area (Å²) in [6, 6.07) is 20.6. The Balaban J connectivity index is 1.39. The molecule has 2 fully saturated rings. The monoisotopic (exact) mass is 588 g/mol. The number of ether oxygens (including phenoxy) is 2. The van der Waals surface area contributed by atoms with Crippen LogP contribution in [0.2, 0.25) is 0 Å². The van der Waals surface area contributed by atoms with Crippen LogP contribution in [0.25, 0.3) is 5.53 Å². The van der Waals surface area contributed by atoms with Gasteiger partial charge < -0.3 is 15.0 Å². The van der Waals surface area contributed by atoms with Gasteiger partial charge in [0.15, 0.2) is 0 Å². The molecule has 43 heavy (non-hydrogen) atoms. The van der Waals surface area contributed by atoms with Gasteiger partial charge in [0.05, 0.1) is 0 Å². The van der Waals surface area contributed by atoms with E-state index < -0.39 is 29.9 Å². The highest BCUT2D eigenvalue weighted by atomic mass is 16.6. The van der Waals surface area contributed by atoms with Crippen molar-refractivity contribution in [1.29, 1.82) is 0 Å². The Kier molecular flexibility index (Phi) is 9.36. The van der Waals surface area contributed by atoms with Crippen LogP contribution in [0.3, 0.4) is 0 Å². The Labute approximate surface area is 257 Å². The van der Waals surface area contributed by atoms with E-state index in [4.69, 9.17) is 9.47 Å². The van der Waals surface area contributed by atoms with E-state index in [9.17, 15) is 15.1 Å². The molecule has 8 heteroatoms. The number of carbonyl (C=O) groups excluding carboxylic acids is 2. The molecule has 0 N–H and O–H groups in total. The number of carbonyl (C=O) groups is 2. The highest BCUT2D eigenvalue weighted by Crippen LogP contribution is 2.42. The second-order valence-electron chi connectivity index (χ2n) is 14.7. The van der Waals surface area contributed by atoms with Crippen molar-refractivity contribution in [3.05, 3.63) is 77.3 Å². The van der Waals surface area contributed by atoms with Gasteiger partial charge in [-0.05, 0) is 66.5 Å². The molecule has 0 atom stereocenters. The van der Waals surface area contributed by atoms with Crippen molar-refractivity contribution in [2.75, 3.05) is 0 Å². The van der Waals surface area contributed by atoms with Crippen molar-refractivity contribution < 1.29 is 23.9 Å². The Morgan fingerprint density at radius 3 is 1.23 bits per heavy atom. The van der Waals surface area contributed by atoms with Gasteiger partial charge in [0.1, 0.15) is 12.2 Å². The number of benzene rings is 2. The lowest BCUT2D eigenvalue weighted by Crippen LogP contribution is -2.62. The summed E-state index contributed by atoms with van der Waals surface area (Å²) in [5.41, 5.74) is 10.3. The molecular weight excluding hydrogens is 540 g/mol. The predicted molar refractivity (Wildman–Crippen MR) is 167 cm³/mol. The van der Waals surface area contributed by atoms with Gasteiger partial charge in [-0.15, -0.1) is 0 Å². The lowest BCUT2D eigenvalue weighted by atomic mass is 9.77. The molecule has 0 saturated carbocycles. The standard InChI is InChI=1S/C35H48N4O4/c1-32(2)19-27(20-33(3,4)38(32)23-25-15-11-9-12-16-25)42-30(40)29(37-36)31(41)43-28-21-34(5,6)39(35(7,8)22-28)24-26-17-13-10-14-18-26/h9-18,27-28H,19-24H2,1-8H3. The molecule has 2 aromatic rings. The third-order valence-corrected chi connectivity index (χ3v) is 9.23. The van der Waals surface area contributed by atoms with Crippen LogP contribution in [-0.4, -0.2) is 66.6 Å².